The molecule has 98 valence electrons. The average Bonchev–Trinajstić information content (AvgIpc) is 2.40. The number of hydrogen-bond donors (Lipinski definition) is 1. The molecule has 2 aromatic carbocycles. The molecule has 4 nitrogen and oxygen atoms in total. The Labute approximate surface area is 112 Å². The first-order valence-electron chi connectivity index (χ1n) is 5.77. The predicted molar refractivity (Wildman–Crippen MR) is 76.2 cm³/mol. The van der Waals surface area contributed by atoms with Crippen molar-refractivity contribution in [2.75, 3.05) is 0 Å². The van der Waals surface area contributed by atoms with Crippen molar-refractivity contribution < 1.29 is 8.42 Å². The highest BCUT2D eigenvalue weighted by atomic mass is 32.2. The first-order chi connectivity index (χ1) is 9.16. The van der Waals surface area contributed by atoms with Gasteiger partial charge in [0.2, 0.25) is 0 Å². The molecule has 0 aliphatic carbocycles. The minimum Gasteiger partial charge on any atom is -0.205 e. The van der Waals surface area contributed by atoms with Crippen LogP contribution < -0.4 is 4.83 Å². The number of sulfonamides is 1. The van der Waals surface area contributed by atoms with Gasteiger partial charge in [-0.25, -0.2) is 13.2 Å². The second kappa shape index (κ2) is 6.15. The Morgan fingerprint density at radius 1 is 0.947 bits per heavy atom. The lowest BCUT2D eigenvalue weighted by Gasteiger charge is -2.03. The summed E-state index contributed by atoms with van der Waals surface area (Å²) in [6, 6.07) is 18.3. The van der Waals surface area contributed by atoms with E-state index >= 15 is 0 Å². The number of nitrogens with one attached hydrogen (secondary N) is 1. The lowest BCUT2D eigenvalue weighted by Crippen LogP contribution is -2.20. The van der Waals surface area contributed by atoms with Gasteiger partial charge in [0.25, 0.3) is 10.0 Å². The van der Waals surface area contributed by atoms with E-state index in [-0.39, 0.29) is 5.75 Å². The molecular formula is C14H14N2O2S. The van der Waals surface area contributed by atoms with Gasteiger partial charge in [0.15, 0.2) is 0 Å². The molecule has 0 aliphatic heterocycles. The standard InChI is InChI=1S/C14H14N2O2S/c17-19(18,12-14-9-5-2-6-10-14)16-15-11-13-7-3-1-4-8-13/h1-11,16H,12H2. The van der Waals surface area contributed by atoms with E-state index in [0.29, 0.717) is 0 Å². The number of benzene rings is 2. The van der Waals surface area contributed by atoms with E-state index in [1.54, 1.807) is 24.3 Å². The second-order valence-corrected chi connectivity index (χ2v) is 5.71. The summed E-state index contributed by atoms with van der Waals surface area (Å²) in [6.45, 7) is 0. The van der Waals surface area contributed by atoms with Crippen molar-refractivity contribution in [3.05, 3.63) is 71.8 Å². The molecule has 0 aromatic heterocycles. The molecule has 0 spiro atoms. The molecule has 0 saturated heterocycles. The first kappa shape index (κ1) is 13.3. The molecule has 0 fully saturated rings. The number of hydrogen-bond acceptors (Lipinski definition) is 3. The van der Waals surface area contributed by atoms with Crippen molar-refractivity contribution in [3.63, 3.8) is 0 Å². The van der Waals surface area contributed by atoms with E-state index < -0.39 is 10.0 Å². The van der Waals surface area contributed by atoms with Crippen LogP contribution in [0.2, 0.25) is 0 Å². The molecule has 0 unspecified atom stereocenters. The van der Waals surface area contributed by atoms with Crippen LogP contribution in [0.25, 0.3) is 0 Å². The van der Waals surface area contributed by atoms with Crippen LogP contribution in [-0.2, 0) is 15.8 Å². The molecule has 2 rings (SSSR count). The Kier molecular flexibility index (Phi) is 4.30. The normalized spacial score (nSPS) is 11.6. The molecular weight excluding hydrogens is 260 g/mol. The van der Waals surface area contributed by atoms with Crippen LogP contribution >= 0.6 is 0 Å². The largest absolute Gasteiger partial charge is 0.251 e. The zero-order chi connectivity index (χ0) is 13.6. The zero-order valence-electron chi connectivity index (χ0n) is 10.2. The third kappa shape index (κ3) is 4.56. The molecule has 1 N–H and O–H groups in total. The van der Waals surface area contributed by atoms with E-state index in [1.807, 2.05) is 36.4 Å². The summed E-state index contributed by atoms with van der Waals surface area (Å²) >= 11 is 0. The van der Waals surface area contributed by atoms with Crippen molar-refractivity contribution in [3.8, 4) is 0 Å². The summed E-state index contributed by atoms with van der Waals surface area (Å²) in [4.78, 5) is 2.20. The lowest BCUT2D eigenvalue weighted by atomic mass is 10.2. The zero-order valence-corrected chi connectivity index (χ0v) is 11.0. The number of nitrogens with zero attached hydrogens (tertiary/aromatic N) is 1. The van der Waals surface area contributed by atoms with Gasteiger partial charge in [-0.15, -0.1) is 0 Å². The van der Waals surface area contributed by atoms with Crippen LogP contribution in [0.5, 0.6) is 0 Å². The van der Waals surface area contributed by atoms with E-state index in [4.69, 9.17) is 0 Å². The van der Waals surface area contributed by atoms with Crippen molar-refractivity contribution in [1.29, 1.82) is 0 Å². The van der Waals surface area contributed by atoms with Gasteiger partial charge in [0.1, 0.15) is 0 Å². The summed E-state index contributed by atoms with van der Waals surface area (Å²) in [7, 11) is -3.45. The minimum atomic E-state index is -3.45. The Bertz CT molecular complexity index is 638. The van der Waals surface area contributed by atoms with Gasteiger partial charge in [0.05, 0.1) is 12.0 Å². The maximum atomic E-state index is 11.8. The topological polar surface area (TPSA) is 58.5 Å². The highest BCUT2D eigenvalue weighted by Crippen LogP contribution is 2.03. The third-order valence-electron chi connectivity index (χ3n) is 2.40. The first-order valence-corrected chi connectivity index (χ1v) is 7.42. The van der Waals surface area contributed by atoms with Crippen molar-refractivity contribution >= 4 is 16.2 Å². The summed E-state index contributed by atoms with van der Waals surface area (Å²) < 4.78 is 23.5. The highest BCUT2D eigenvalue weighted by molar-refractivity contribution is 7.88. The second-order valence-electron chi connectivity index (χ2n) is 4.00. The molecule has 0 aliphatic rings. The fourth-order valence-electron chi connectivity index (χ4n) is 1.55. The summed E-state index contributed by atoms with van der Waals surface area (Å²) in [5.41, 5.74) is 1.56. The Morgan fingerprint density at radius 2 is 1.53 bits per heavy atom. The summed E-state index contributed by atoms with van der Waals surface area (Å²) in [5.74, 6) is -0.0834. The van der Waals surface area contributed by atoms with Gasteiger partial charge in [-0.1, -0.05) is 60.7 Å². The molecule has 2 aromatic rings. The van der Waals surface area contributed by atoms with Crippen LogP contribution in [0.1, 0.15) is 11.1 Å². The van der Waals surface area contributed by atoms with Crippen LogP contribution in [0.3, 0.4) is 0 Å². The predicted octanol–water partition coefficient (Wildman–Crippen LogP) is 2.14. The van der Waals surface area contributed by atoms with Gasteiger partial charge >= 0.3 is 0 Å². The average molecular weight is 274 g/mol. The maximum absolute atomic E-state index is 11.8. The summed E-state index contributed by atoms with van der Waals surface area (Å²) in [5, 5.41) is 3.75. The van der Waals surface area contributed by atoms with Crippen molar-refractivity contribution in [1.82, 2.24) is 4.83 Å². The van der Waals surface area contributed by atoms with Gasteiger partial charge in [-0.05, 0) is 11.1 Å². The minimum absolute atomic E-state index is 0.0834. The van der Waals surface area contributed by atoms with Crippen LogP contribution in [0.4, 0.5) is 0 Å². The molecule has 0 atom stereocenters. The quantitative estimate of drug-likeness (QED) is 0.671. The Hall–Kier alpha value is -2.14. The molecule has 5 heteroatoms. The molecule has 0 heterocycles. The lowest BCUT2D eigenvalue weighted by molar-refractivity contribution is 0.584. The molecule has 0 amide bonds. The van der Waals surface area contributed by atoms with E-state index in [2.05, 4.69) is 9.93 Å². The van der Waals surface area contributed by atoms with Gasteiger partial charge in [0, 0.05) is 0 Å². The smallest absolute Gasteiger partial charge is 0.205 e. The molecule has 19 heavy (non-hydrogen) atoms. The third-order valence-corrected chi connectivity index (χ3v) is 3.50. The van der Waals surface area contributed by atoms with Crippen LogP contribution in [-0.4, -0.2) is 14.6 Å². The molecule has 0 saturated carbocycles. The molecule has 0 radical (unpaired) electrons. The monoisotopic (exact) mass is 274 g/mol. The van der Waals surface area contributed by atoms with Gasteiger partial charge in [-0.2, -0.15) is 5.10 Å². The number of rotatable bonds is 5. The fourth-order valence-corrected chi connectivity index (χ4v) is 2.46. The van der Waals surface area contributed by atoms with Crippen LogP contribution in [0.15, 0.2) is 65.8 Å². The van der Waals surface area contributed by atoms with Gasteiger partial charge in [-0.3, -0.25) is 0 Å². The van der Waals surface area contributed by atoms with Crippen molar-refractivity contribution in [2.24, 2.45) is 5.10 Å². The van der Waals surface area contributed by atoms with E-state index in [1.165, 1.54) is 6.21 Å². The SMILES string of the molecule is O=S(=O)(Cc1ccccc1)NN=Cc1ccccc1. The highest BCUT2D eigenvalue weighted by Gasteiger charge is 2.09. The maximum Gasteiger partial charge on any atom is 0.251 e. The van der Waals surface area contributed by atoms with Crippen LogP contribution in [0, 0.1) is 0 Å². The van der Waals surface area contributed by atoms with E-state index in [0.717, 1.165) is 11.1 Å². The Balaban J connectivity index is 1.97. The molecule has 0 bridgehead atoms. The van der Waals surface area contributed by atoms with Crippen molar-refractivity contribution in [2.45, 2.75) is 5.75 Å². The van der Waals surface area contributed by atoms with E-state index in [9.17, 15) is 8.42 Å². The Morgan fingerprint density at radius 3 is 2.16 bits per heavy atom. The number of hydrazone groups is 1. The fraction of sp³-hybridized carbons (Fsp3) is 0.0714. The van der Waals surface area contributed by atoms with Gasteiger partial charge < -0.3 is 0 Å². The summed E-state index contributed by atoms with van der Waals surface area (Å²) in [6.07, 6.45) is 1.47.